The number of carbonyl (C=O) groups excluding carboxylic acids is 1. The van der Waals surface area contributed by atoms with E-state index in [0.29, 0.717) is 32.6 Å². The summed E-state index contributed by atoms with van der Waals surface area (Å²) in [5.41, 5.74) is 5.67. The first kappa shape index (κ1) is 25.2. The molecule has 1 aliphatic carbocycles. The monoisotopic (exact) mass is 492 g/mol. The zero-order chi connectivity index (χ0) is 25.2. The topological polar surface area (TPSA) is 108 Å². The van der Waals surface area contributed by atoms with E-state index in [9.17, 15) is 18.7 Å². The highest BCUT2D eigenvalue weighted by molar-refractivity contribution is 5.75. The van der Waals surface area contributed by atoms with Crippen molar-refractivity contribution in [2.45, 2.75) is 50.8 Å². The molecule has 4 rings (SSSR count). The molecule has 11 heteroatoms. The SMILES string of the molecule is CC1(N(Cc2ccc(C(F)F)cc2)c2ncnc(NC[C@@H]3CCN(CC(N)=O)C[C@H]3O)c2F)CC1. The van der Waals surface area contributed by atoms with Gasteiger partial charge in [-0.1, -0.05) is 24.3 Å². The standard InChI is InChI=1S/C24H31F3N6O2/c1-24(7-8-24)33(11-15-2-4-16(5-3-15)21(26)27)23-20(25)22(30-14-31-23)29-10-17-6-9-32(12-18(17)34)13-19(28)35/h2-5,14,17-18,21,34H,6-13H2,1H3,(H2,28,35)(H,29,30,31)/t17-,18+/m0/s1. The van der Waals surface area contributed by atoms with Crippen LogP contribution < -0.4 is 16.0 Å². The number of amides is 1. The van der Waals surface area contributed by atoms with E-state index in [1.165, 1.54) is 18.5 Å². The molecule has 1 saturated carbocycles. The quantitative estimate of drug-likeness (QED) is 0.468. The molecule has 35 heavy (non-hydrogen) atoms. The van der Waals surface area contributed by atoms with Crippen molar-refractivity contribution < 1.29 is 23.1 Å². The smallest absolute Gasteiger partial charge is 0.263 e. The predicted molar refractivity (Wildman–Crippen MR) is 125 cm³/mol. The zero-order valence-electron chi connectivity index (χ0n) is 19.6. The van der Waals surface area contributed by atoms with E-state index in [-0.39, 0.29) is 35.2 Å². The van der Waals surface area contributed by atoms with Crippen LogP contribution in [0.2, 0.25) is 0 Å². The summed E-state index contributed by atoms with van der Waals surface area (Å²) in [6.45, 7) is 3.69. The molecule has 2 fully saturated rings. The third kappa shape index (κ3) is 6.02. The van der Waals surface area contributed by atoms with Gasteiger partial charge >= 0.3 is 0 Å². The van der Waals surface area contributed by atoms with Gasteiger partial charge < -0.3 is 21.1 Å². The number of nitrogens with one attached hydrogen (secondary N) is 1. The minimum absolute atomic E-state index is 0.0454. The van der Waals surface area contributed by atoms with Crippen LogP contribution in [0.5, 0.6) is 0 Å². The van der Waals surface area contributed by atoms with Crippen molar-refractivity contribution in [3.05, 3.63) is 47.5 Å². The highest BCUT2D eigenvalue weighted by atomic mass is 19.3. The van der Waals surface area contributed by atoms with E-state index < -0.39 is 24.3 Å². The number of aliphatic hydroxyl groups is 1. The molecule has 2 aromatic rings. The van der Waals surface area contributed by atoms with E-state index in [0.717, 1.165) is 18.4 Å². The summed E-state index contributed by atoms with van der Waals surface area (Å²) < 4.78 is 41.4. The number of primary amides is 1. The van der Waals surface area contributed by atoms with Crippen molar-refractivity contribution in [1.82, 2.24) is 14.9 Å². The normalized spacial score (nSPS) is 21.7. The number of anilines is 2. The van der Waals surface area contributed by atoms with Crippen molar-refractivity contribution in [2.75, 3.05) is 36.4 Å². The number of carbonyl (C=O) groups is 1. The largest absolute Gasteiger partial charge is 0.391 e. The Morgan fingerprint density at radius 1 is 1.31 bits per heavy atom. The molecule has 190 valence electrons. The van der Waals surface area contributed by atoms with Gasteiger partial charge in [-0.3, -0.25) is 9.69 Å². The number of nitrogens with two attached hydrogens (primary N) is 1. The first-order valence-electron chi connectivity index (χ1n) is 11.7. The Kier molecular flexibility index (Phi) is 7.46. The van der Waals surface area contributed by atoms with E-state index in [2.05, 4.69) is 15.3 Å². The number of β-amino-alcohol motifs (C(OH)–C–C–N with tert-alkyl or cyclic N) is 1. The van der Waals surface area contributed by atoms with Gasteiger partial charge in [0.2, 0.25) is 11.7 Å². The number of nitrogens with zero attached hydrogens (tertiary/aromatic N) is 4. The lowest BCUT2D eigenvalue weighted by Crippen LogP contribution is -2.48. The lowest BCUT2D eigenvalue weighted by molar-refractivity contribution is -0.120. The fourth-order valence-corrected chi connectivity index (χ4v) is 4.47. The van der Waals surface area contributed by atoms with Gasteiger partial charge in [0.25, 0.3) is 6.43 Å². The summed E-state index contributed by atoms with van der Waals surface area (Å²) in [7, 11) is 0. The van der Waals surface area contributed by atoms with E-state index in [1.807, 2.05) is 11.8 Å². The van der Waals surface area contributed by atoms with Crippen LogP contribution in [0.3, 0.4) is 0 Å². The van der Waals surface area contributed by atoms with Crippen LogP contribution in [0.1, 0.15) is 43.7 Å². The molecule has 1 aliphatic heterocycles. The second kappa shape index (κ2) is 10.4. The Labute approximate surface area is 202 Å². The van der Waals surface area contributed by atoms with Crippen molar-refractivity contribution in [2.24, 2.45) is 11.7 Å². The average Bonchev–Trinajstić information content (AvgIpc) is 3.56. The maximum atomic E-state index is 15.6. The second-order valence-corrected chi connectivity index (χ2v) is 9.68. The minimum Gasteiger partial charge on any atom is -0.391 e. The highest BCUT2D eigenvalue weighted by Crippen LogP contribution is 2.45. The van der Waals surface area contributed by atoms with Gasteiger partial charge in [-0.2, -0.15) is 4.39 Å². The first-order valence-corrected chi connectivity index (χ1v) is 11.7. The Morgan fingerprint density at radius 3 is 2.63 bits per heavy atom. The fraction of sp³-hybridized carbons (Fsp3) is 0.542. The molecular formula is C24H31F3N6O2. The molecule has 1 aromatic carbocycles. The number of aliphatic hydroxyl groups excluding tert-OH is 1. The van der Waals surface area contributed by atoms with Gasteiger partial charge in [0.1, 0.15) is 6.33 Å². The Bertz CT molecular complexity index is 1030. The van der Waals surface area contributed by atoms with Crippen molar-refractivity contribution in [3.8, 4) is 0 Å². The summed E-state index contributed by atoms with van der Waals surface area (Å²) in [4.78, 5) is 23.1. The second-order valence-electron chi connectivity index (χ2n) is 9.68. The Balaban J connectivity index is 1.45. The van der Waals surface area contributed by atoms with Crippen molar-refractivity contribution in [1.29, 1.82) is 0 Å². The zero-order valence-corrected chi connectivity index (χ0v) is 19.6. The van der Waals surface area contributed by atoms with Gasteiger partial charge in [-0.15, -0.1) is 0 Å². The number of piperidine rings is 1. The maximum absolute atomic E-state index is 15.6. The lowest BCUT2D eigenvalue weighted by atomic mass is 9.93. The first-order chi connectivity index (χ1) is 16.7. The molecule has 4 N–H and O–H groups in total. The van der Waals surface area contributed by atoms with Gasteiger partial charge in [0.15, 0.2) is 11.6 Å². The number of benzene rings is 1. The molecule has 0 unspecified atom stereocenters. The molecule has 0 spiro atoms. The van der Waals surface area contributed by atoms with Crippen LogP contribution in [0.25, 0.3) is 0 Å². The van der Waals surface area contributed by atoms with Crippen molar-refractivity contribution in [3.63, 3.8) is 0 Å². The molecule has 2 atom stereocenters. The van der Waals surface area contributed by atoms with E-state index in [1.54, 1.807) is 17.0 Å². The molecule has 0 bridgehead atoms. The number of aromatic nitrogens is 2. The van der Waals surface area contributed by atoms with E-state index in [4.69, 9.17) is 5.73 Å². The van der Waals surface area contributed by atoms with Crippen LogP contribution in [0, 0.1) is 11.7 Å². The Morgan fingerprint density at radius 2 is 2.03 bits per heavy atom. The number of hydrogen-bond acceptors (Lipinski definition) is 7. The van der Waals surface area contributed by atoms with Crippen LogP contribution >= 0.6 is 0 Å². The number of halogens is 3. The molecule has 0 radical (unpaired) electrons. The highest BCUT2D eigenvalue weighted by Gasteiger charge is 2.45. The number of rotatable bonds is 10. The van der Waals surface area contributed by atoms with Crippen molar-refractivity contribution >= 4 is 17.5 Å². The maximum Gasteiger partial charge on any atom is 0.263 e. The van der Waals surface area contributed by atoms with Gasteiger partial charge in [0, 0.05) is 36.7 Å². The summed E-state index contributed by atoms with van der Waals surface area (Å²) >= 11 is 0. The van der Waals surface area contributed by atoms with Gasteiger partial charge in [-0.05, 0) is 38.3 Å². The average molecular weight is 493 g/mol. The molecule has 1 amide bonds. The molecule has 2 aliphatic rings. The molecule has 1 saturated heterocycles. The van der Waals surface area contributed by atoms with Crippen LogP contribution in [-0.4, -0.2) is 63.7 Å². The summed E-state index contributed by atoms with van der Waals surface area (Å²) in [6, 6.07) is 6.03. The Hall–Kier alpha value is -2.92. The van der Waals surface area contributed by atoms with Gasteiger partial charge in [-0.25, -0.2) is 18.7 Å². The van der Waals surface area contributed by atoms with Gasteiger partial charge in [0.05, 0.1) is 12.6 Å². The molecular weight excluding hydrogens is 461 g/mol. The third-order valence-electron chi connectivity index (χ3n) is 6.94. The summed E-state index contributed by atoms with van der Waals surface area (Å²) in [5.74, 6) is -0.975. The molecule has 8 nitrogen and oxygen atoms in total. The third-order valence-corrected chi connectivity index (χ3v) is 6.94. The lowest BCUT2D eigenvalue weighted by Gasteiger charge is -2.35. The predicted octanol–water partition coefficient (Wildman–Crippen LogP) is 2.69. The number of hydrogen-bond donors (Lipinski definition) is 3. The minimum atomic E-state index is -2.54. The number of alkyl halides is 2. The van der Waals surface area contributed by atoms with Crippen LogP contribution in [-0.2, 0) is 11.3 Å². The summed E-state index contributed by atoms with van der Waals surface area (Å²) in [6.07, 6.45) is 0.431. The van der Waals surface area contributed by atoms with Crippen LogP contribution in [0.15, 0.2) is 30.6 Å². The number of likely N-dealkylation sites (tertiary alicyclic amines) is 1. The van der Waals surface area contributed by atoms with E-state index >= 15 is 4.39 Å². The molecule has 2 heterocycles. The van der Waals surface area contributed by atoms with Crippen LogP contribution in [0.4, 0.5) is 24.8 Å². The molecule has 1 aromatic heterocycles. The summed E-state index contributed by atoms with van der Waals surface area (Å²) in [5, 5.41) is 13.5. The fourth-order valence-electron chi connectivity index (χ4n) is 4.47.